The van der Waals surface area contributed by atoms with Gasteiger partial charge >= 0.3 is 0 Å². The summed E-state index contributed by atoms with van der Waals surface area (Å²) in [5.74, 6) is -0.558. The van der Waals surface area contributed by atoms with Crippen LogP contribution < -0.4 is 4.80 Å². The summed E-state index contributed by atoms with van der Waals surface area (Å²) in [6, 6.07) is 10.3. The average Bonchev–Trinajstić information content (AvgIpc) is 3.08. The van der Waals surface area contributed by atoms with Gasteiger partial charge in [0.2, 0.25) is 0 Å². The highest BCUT2D eigenvalue weighted by Crippen LogP contribution is 2.23. The van der Waals surface area contributed by atoms with E-state index < -0.39 is 15.8 Å². The molecule has 2 aromatic carbocycles. The van der Waals surface area contributed by atoms with Crippen molar-refractivity contribution in [2.45, 2.75) is 13.5 Å². The van der Waals surface area contributed by atoms with E-state index in [2.05, 4.69) is 4.99 Å². The van der Waals surface area contributed by atoms with Gasteiger partial charge in [0, 0.05) is 43.5 Å². The number of benzene rings is 2. The number of nitrogens with zero attached hydrogens (tertiary/aromatic N) is 4. The van der Waals surface area contributed by atoms with Crippen LogP contribution in [-0.4, -0.2) is 33.5 Å². The highest BCUT2D eigenvalue weighted by Gasteiger charge is 2.13. The molecule has 0 N–H and O–H groups in total. The molecule has 31 heavy (non-hydrogen) atoms. The molecule has 0 atom stereocenters. The molecule has 0 fully saturated rings. The number of carbonyl (C=O) groups is 1. The van der Waals surface area contributed by atoms with E-state index in [1.807, 2.05) is 6.92 Å². The van der Waals surface area contributed by atoms with Gasteiger partial charge in [0.25, 0.3) is 17.3 Å². The maximum atomic E-state index is 12.4. The summed E-state index contributed by atoms with van der Waals surface area (Å²) in [5.41, 5.74) is 0.951. The number of fused-ring (bicyclic) bond motifs is 1. The Labute approximate surface area is 180 Å². The van der Waals surface area contributed by atoms with E-state index in [0.717, 1.165) is 4.70 Å². The second-order valence-electron chi connectivity index (χ2n) is 6.28. The molecule has 10 nitrogen and oxygen atoms in total. The second-order valence-corrected chi connectivity index (χ2v) is 7.29. The van der Waals surface area contributed by atoms with Crippen molar-refractivity contribution in [1.82, 2.24) is 4.57 Å². The highest BCUT2D eigenvalue weighted by atomic mass is 32.1. The van der Waals surface area contributed by atoms with Crippen molar-refractivity contribution in [2.75, 3.05) is 13.2 Å². The molecule has 3 rings (SSSR count). The summed E-state index contributed by atoms with van der Waals surface area (Å²) < 4.78 is 7.84. The molecule has 0 radical (unpaired) electrons. The predicted octanol–water partition coefficient (Wildman–Crippen LogP) is 3.70. The lowest BCUT2D eigenvalue weighted by Crippen LogP contribution is -2.19. The Hall–Kier alpha value is -3.70. The number of ether oxygens (including phenoxy) is 1. The van der Waals surface area contributed by atoms with Gasteiger partial charge in [-0.1, -0.05) is 23.5 Å². The zero-order valence-corrected chi connectivity index (χ0v) is 17.3. The van der Waals surface area contributed by atoms with Gasteiger partial charge in [-0.2, -0.15) is 4.99 Å². The molecule has 1 aromatic heterocycles. The van der Waals surface area contributed by atoms with Crippen LogP contribution >= 0.6 is 11.3 Å². The number of rotatable bonds is 8. The summed E-state index contributed by atoms with van der Waals surface area (Å²) in [6.45, 7) is 3.10. The minimum Gasteiger partial charge on any atom is -0.380 e. The molecule has 0 saturated heterocycles. The molecule has 0 aliphatic carbocycles. The SMILES string of the molecule is CCOCCn1c(=NC(=O)C=Cc2cccc([N+](=O)[O-])c2)sc2ccc([N+](=O)[O-])cc21. The minimum atomic E-state index is -0.558. The number of nitro groups is 2. The van der Waals surface area contributed by atoms with Gasteiger partial charge in [0.15, 0.2) is 4.80 Å². The van der Waals surface area contributed by atoms with Crippen molar-refractivity contribution in [1.29, 1.82) is 0 Å². The van der Waals surface area contributed by atoms with Crippen LogP contribution in [0.5, 0.6) is 0 Å². The summed E-state index contributed by atoms with van der Waals surface area (Å²) >= 11 is 1.23. The van der Waals surface area contributed by atoms with Crippen molar-refractivity contribution in [2.24, 2.45) is 4.99 Å². The highest BCUT2D eigenvalue weighted by molar-refractivity contribution is 7.16. The Morgan fingerprint density at radius 1 is 1.16 bits per heavy atom. The van der Waals surface area contributed by atoms with Crippen LogP contribution in [0.2, 0.25) is 0 Å². The number of hydrogen-bond acceptors (Lipinski definition) is 7. The first-order chi connectivity index (χ1) is 14.9. The maximum absolute atomic E-state index is 12.4. The van der Waals surface area contributed by atoms with Crippen LogP contribution in [0.25, 0.3) is 16.3 Å². The first-order valence-electron chi connectivity index (χ1n) is 9.26. The number of hydrogen-bond donors (Lipinski definition) is 0. The quantitative estimate of drug-likeness (QED) is 0.226. The first kappa shape index (κ1) is 22.0. The fourth-order valence-electron chi connectivity index (χ4n) is 2.81. The third-order valence-corrected chi connectivity index (χ3v) is 5.30. The number of nitro benzene ring substituents is 2. The summed E-state index contributed by atoms with van der Waals surface area (Å²) in [7, 11) is 0. The lowest BCUT2D eigenvalue weighted by atomic mass is 10.2. The smallest absolute Gasteiger partial charge is 0.272 e. The molecular weight excluding hydrogens is 424 g/mol. The van der Waals surface area contributed by atoms with E-state index >= 15 is 0 Å². The van der Waals surface area contributed by atoms with E-state index in [9.17, 15) is 25.0 Å². The third kappa shape index (κ3) is 5.47. The van der Waals surface area contributed by atoms with Gasteiger partial charge < -0.3 is 9.30 Å². The van der Waals surface area contributed by atoms with Crippen LogP contribution in [0.4, 0.5) is 11.4 Å². The molecule has 11 heteroatoms. The van der Waals surface area contributed by atoms with Crippen molar-refractivity contribution in [3.05, 3.63) is 79.1 Å². The molecule has 0 bridgehead atoms. The number of aromatic nitrogens is 1. The first-order valence-corrected chi connectivity index (χ1v) is 10.1. The van der Waals surface area contributed by atoms with E-state index in [-0.39, 0.29) is 11.4 Å². The Morgan fingerprint density at radius 2 is 1.90 bits per heavy atom. The van der Waals surface area contributed by atoms with Crippen molar-refractivity contribution < 1.29 is 19.4 Å². The van der Waals surface area contributed by atoms with Crippen molar-refractivity contribution in [3.63, 3.8) is 0 Å². The topological polar surface area (TPSA) is 130 Å². The molecule has 1 heterocycles. The largest absolute Gasteiger partial charge is 0.380 e. The lowest BCUT2D eigenvalue weighted by molar-refractivity contribution is -0.385. The Bertz CT molecular complexity index is 1240. The van der Waals surface area contributed by atoms with Crippen LogP contribution in [0.15, 0.2) is 53.5 Å². The molecule has 0 spiro atoms. The van der Waals surface area contributed by atoms with Gasteiger partial charge in [0.05, 0.1) is 26.7 Å². The van der Waals surface area contributed by atoms with Crippen LogP contribution in [0.3, 0.4) is 0 Å². The molecule has 0 saturated carbocycles. The number of non-ortho nitro benzene ring substituents is 2. The number of thiazole rings is 1. The zero-order valence-electron chi connectivity index (χ0n) is 16.5. The molecule has 0 aliphatic rings. The van der Waals surface area contributed by atoms with Crippen LogP contribution in [-0.2, 0) is 16.1 Å². The Kier molecular flexibility index (Phi) is 7.00. The van der Waals surface area contributed by atoms with Gasteiger partial charge in [-0.05, 0) is 24.6 Å². The fourth-order valence-corrected chi connectivity index (χ4v) is 3.86. The molecule has 1 amide bonds. The Balaban J connectivity index is 1.96. The normalized spacial score (nSPS) is 12.0. The van der Waals surface area contributed by atoms with E-state index in [1.165, 1.54) is 53.8 Å². The van der Waals surface area contributed by atoms with E-state index in [4.69, 9.17) is 4.74 Å². The molecule has 0 unspecified atom stereocenters. The minimum absolute atomic E-state index is 0.0566. The standard InChI is InChI=1S/C20H18N4O6S/c1-2-30-11-10-22-17-13-16(24(28)29)7-8-18(17)31-20(22)21-19(25)9-6-14-4-3-5-15(12-14)23(26)27/h3-9,12-13H,2,10-11H2,1H3. The van der Waals surface area contributed by atoms with Crippen molar-refractivity contribution >= 4 is 44.9 Å². The van der Waals surface area contributed by atoms with E-state index in [1.54, 1.807) is 16.7 Å². The van der Waals surface area contributed by atoms with Crippen LogP contribution in [0, 0.1) is 20.2 Å². The number of carbonyl (C=O) groups excluding carboxylic acids is 1. The van der Waals surface area contributed by atoms with E-state index in [0.29, 0.717) is 35.6 Å². The summed E-state index contributed by atoms with van der Waals surface area (Å²) in [6.07, 6.45) is 2.67. The number of amides is 1. The van der Waals surface area contributed by atoms with Gasteiger partial charge in [-0.25, -0.2) is 0 Å². The third-order valence-electron chi connectivity index (χ3n) is 4.24. The molecule has 0 aliphatic heterocycles. The monoisotopic (exact) mass is 442 g/mol. The average molecular weight is 442 g/mol. The van der Waals surface area contributed by atoms with Crippen molar-refractivity contribution in [3.8, 4) is 0 Å². The zero-order chi connectivity index (χ0) is 22.4. The van der Waals surface area contributed by atoms with Gasteiger partial charge in [-0.15, -0.1) is 0 Å². The maximum Gasteiger partial charge on any atom is 0.272 e. The van der Waals surface area contributed by atoms with Gasteiger partial charge in [0.1, 0.15) is 0 Å². The Morgan fingerprint density at radius 3 is 2.61 bits per heavy atom. The molecule has 160 valence electrons. The summed E-state index contributed by atoms with van der Waals surface area (Å²) in [5, 5.41) is 22.0. The molecular formula is C20H18N4O6S. The van der Waals surface area contributed by atoms with Crippen LogP contribution in [0.1, 0.15) is 12.5 Å². The summed E-state index contributed by atoms with van der Waals surface area (Å²) in [4.78, 5) is 37.9. The second kappa shape index (κ2) is 9.87. The molecule has 3 aromatic rings. The fraction of sp³-hybridized carbons (Fsp3) is 0.200. The predicted molar refractivity (Wildman–Crippen MR) is 116 cm³/mol. The lowest BCUT2D eigenvalue weighted by Gasteiger charge is -2.05. The van der Waals surface area contributed by atoms with Gasteiger partial charge in [-0.3, -0.25) is 25.0 Å².